The smallest absolute Gasteiger partial charge is 0.123 e. The van der Waals surface area contributed by atoms with E-state index >= 15 is 0 Å². The third kappa shape index (κ3) is 6.43. The summed E-state index contributed by atoms with van der Waals surface area (Å²) in [6, 6.07) is 4.01. The fourth-order valence-corrected chi connectivity index (χ4v) is 4.26. The molecule has 1 aliphatic rings. The van der Waals surface area contributed by atoms with Gasteiger partial charge in [-0.25, -0.2) is 0 Å². The van der Waals surface area contributed by atoms with Gasteiger partial charge in [-0.2, -0.15) is 0 Å². The van der Waals surface area contributed by atoms with Gasteiger partial charge in [-0.1, -0.05) is 13.8 Å². The summed E-state index contributed by atoms with van der Waals surface area (Å²) in [6.07, 6.45) is 1.94. The molecule has 0 aromatic heterocycles. The molecule has 0 saturated heterocycles. The van der Waals surface area contributed by atoms with Crippen molar-refractivity contribution in [3.05, 3.63) is 46.2 Å². The van der Waals surface area contributed by atoms with Gasteiger partial charge in [0.05, 0.1) is 18.6 Å². The molecule has 0 aliphatic heterocycles. The van der Waals surface area contributed by atoms with E-state index in [1.807, 2.05) is 39.0 Å². The standard InChI is InChI=1S/C26H41NO4.ClH/c1-16(2)21-13-23(28)18(5)12-24(21)31-11-10-27(17(3)4)15-22-25(30-9)20(7)19(6)14-26(22,8)29;/h12-14,16-17,22,28-29H,10-11,15H2,1-9H3;1H. The molecule has 2 rings (SSSR count). The van der Waals surface area contributed by atoms with Gasteiger partial charge in [-0.3, -0.25) is 4.90 Å². The molecule has 0 amide bonds. The first-order valence-corrected chi connectivity index (χ1v) is 11.3. The van der Waals surface area contributed by atoms with Crippen LogP contribution >= 0.6 is 12.4 Å². The molecule has 2 unspecified atom stereocenters. The Labute approximate surface area is 200 Å². The predicted molar refractivity (Wildman–Crippen MR) is 134 cm³/mol. The van der Waals surface area contributed by atoms with Gasteiger partial charge in [-0.15, -0.1) is 12.4 Å². The first-order chi connectivity index (χ1) is 14.4. The predicted octanol–water partition coefficient (Wildman–Crippen LogP) is 5.58. The summed E-state index contributed by atoms with van der Waals surface area (Å²) in [4.78, 5) is 2.32. The molecule has 0 bridgehead atoms. The molecular formula is C26H42ClNO4. The van der Waals surface area contributed by atoms with Crippen LogP contribution < -0.4 is 4.74 Å². The van der Waals surface area contributed by atoms with Crippen molar-refractivity contribution in [3.63, 3.8) is 0 Å². The Morgan fingerprint density at radius 1 is 1.12 bits per heavy atom. The lowest BCUT2D eigenvalue weighted by molar-refractivity contribution is 0.00695. The summed E-state index contributed by atoms with van der Waals surface area (Å²) >= 11 is 0. The second-order valence-electron chi connectivity index (χ2n) is 9.57. The molecule has 0 spiro atoms. The highest BCUT2D eigenvalue weighted by atomic mass is 35.5. The monoisotopic (exact) mass is 467 g/mol. The Kier molecular flexibility index (Phi) is 10.1. The van der Waals surface area contributed by atoms with Crippen molar-refractivity contribution in [1.82, 2.24) is 4.90 Å². The number of benzene rings is 1. The molecule has 2 atom stereocenters. The highest BCUT2D eigenvalue weighted by Gasteiger charge is 2.39. The molecule has 0 heterocycles. The molecule has 0 saturated carbocycles. The van der Waals surface area contributed by atoms with Gasteiger partial charge in [0.2, 0.25) is 0 Å². The summed E-state index contributed by atoms with van der Waals surface area (Å²) in [5.41, 5.74) is 3.00. The first kappa shape index (κ1) is 28.3. The van der Waals surface area contributed by atoms with Gasteiger partial charge in [0.1, 0.15) is 23.9 Å². The third-order valence-electron chi connectivity index (χ3n) is 6.45. The molecule has 6 heteroatoms. The highest BCUT2D eigenvalue weighted by Crippen LogP contribution is 2.38. The molecule has 0 fully saturated rings. The molecule has 1 aromatic rings. The zero-order chi connectivity index (χ0) is 23.5. The number of hydrogen-bond acceptors (Lipinski definition) is 5. The van der Waals surface area contributed by atoms with E-state index in [-0.39, 0.29) is 30.3 Å². The van der Waals surface area contributed by atoms with E-state index in [2.05, 4.69) is 39.5 Å². The quantitative estimate of drug-likeness (QED) is 0.496. The Balaban J connectivity index is 0.00000512. The minimum atomic E-state index is -0.970. The number of allylic oxidation sites excluding steroid dienone is 2. The van der Waals surface area contributed by atoms with Crippen molar-refractivity contribution in [2.24, 2.45) is 5.92 Å². The van der Waals surface area contributed by atoms with Crippen LogP contribution in [0.2, 0.25) is 0 Å². The second kappa shape index (κ2) is 11.4. The Bertz CT molecular complexity index is 842. The number of aliphatic hydroxyl groups is 1. The number of nitrogens with zero attached hydrogens (tertiary/aromatic N) is 1. The molecule has 1 aliphatic carbocycles. The van der Waals surface area contributed by atoms with Crippen molar-refractivity contribution >= 4 is 12.4 Å². The van der Waals surface area contributed by atoms with Crippen molar-refractivity contribution in [1.29, 1.82) is 0 Å². The molecular weight excluding hydrogens is 426 g/mol. The maximum absolute atomic E-state index is 11.1. The lowest BCUT2D eigenvalue weighted by atomic mass is 9.78. The second-order valence-corrected chi connectivity index (χ2v) is 9.57. The topological polar surface area (TPSA) is 62.2 Å². The molecule has 0 radical (unpaired) electrons. The van der Waals surface area contributed by atoms with Gasteiger partial charge >= 0.3 is 0 Å². The number of phenols is 1. The van der Waals surface area contributed by atoms with Gasteiger partial charge in [0.15, 0.2) is 0 Å². The van der Waals surface area contributed by atoms with E-state index in [0.29, 0.717) is 18.9 Å². The van der Waals surface area contributed by atoms with E-state index in [1.165, 1.54) is 0 Å². The zero-order valence-electron chi connectivity index (χ0n) is 21.2. The summed E-state index contributed by atoms with van der Waals surface area (Å²) in [5, 5.41) is 21.2. The SMILES string of the molecule is COC1=C(C)C(C)=CC(C)(O)C1CN(CCOc1cc(C)c(O)cc1C(C)C)C(C)C.Cl. The number of halogens is 1. The third-order valence-corrected chi connectivity index (χ3v) is 6.45. The number of methoxy groups -OCH3 is 1. The van der Waals surface area contributed by atoms with Crippen molar-refractivity contribution in [2.45, 2.75) is 73.0 Å². The molecule has 2 N–H and O–H groups in total. The van der Waals surface area contributed by atoms with Gasteiger partial charge in [-0.05, 0) is 82.4 Å². The van der Waals surface area contributed by atoms with E-state index in [4.69, 9.17) is 9.47 Å². The minimum absolute atomic E-state index is 0. The number of hydrogen-bond donors (Lipinski definition) is 2. The van der Waals surface area contributed by atoms with Crippen LogP contribution in [0.15, 0.2) is 35.1 Å². The van der Waals surface area contributed by atoms with Crippen LogP contribution in [-0.4, -0.2) is 53.6 Å². The Morgan fingerprint density at radius 2 is 1.75 bits per heavy atom. The number of phenolic OH excluding ortho intramolecular Hbond substituents is 1. The minimum Gasteiger partial charge on any atom is -0.508 e. The van der Waals surface area contributed by atoms with Crippen LogP contribution in [0.5, 0.6) is 11.5 Å². The number of aryl methyl sites for hydroxylation is 1. The molecule has 5 nitrogen and oxygen atoms in total. The molecule has 182 valence electrons. The van der Waals surface area contributed by atoms with Crippen LogP contribution in [0, 0.1) is 12.8 Å². The average molecular weight is 468 g/mol. The largest absolute Gasteiger partial charge is 0.508 e. The highest BCUT2D eigenvalue weighted by molar-refractivity contribution is 5.85. The van der Waals surface area contributed by atoms with Gasteiger partial charge in [0.25, 0.3) is 0 Å². The maximum Gasteiger partial charge on any atom is 0.123 e. The Hall–Kier alpha value is -1.69. The molecule has 32 heavy (non-hydrogen) atoms. The van der Waals surface area contributed by atoms with E-state index in [1.54, 1.807) is 7.11 Å². The van der Waals surface area contributed by atoms with Crippen LogP contribution in [0.1, 0.15) is 65.5 Å². The zero-order valence-corrected chi connectivity index (χ0v) is 22.0. The Morgan fingerprint density at radius 3 is 2.28 bits per heavy atom. The fraction of sp³-hybridized carbons (Fsp3) is 0.615. The van der Waals surface area contributed by atoms with Crippen molar-refractivity contribution in [3.8, 4) is 11.5 Å². The lowest BCUT2D eigenvalue weighted by Gasteiger charge is -2.40. The van der Waals surface area contributed by atoms with Crippen molar-refractivity contribution < 1.29 is 19.7 Å². The normalized spacial score (nSPS) is 21.2. The summed E-state index contributed by atoms with van der Waals surface area (Å²) < 4.78 is 11.9. The van der Waals surface area contributed by atoms with E-state index in [9.17, 15) is 10.2 Å². The van der Waals surface area contributed by atoms with Crippen LogP contribution in [0.25, 0.3) is 0 Å². The lowest BCUT2D eigenvalue weighted by Crippen LogP contribution is -2.47. The van der Waals surface area contributed by atoms with Crippen molar-refractivity contribution in [2.75, 3.05) is 26.8 Å². The summed E-state index contributed by atoms with van der Waals surface area (Å²) in [7, 11) is 1.68. The number of rotatable bonds is 9. The van der Waals surface area contributed by atoms with E-state index in [0.717, 1.165) is 40.3 Å². The van der Waals surface area contributed by atoms with Crippen LogP contribution in [0.3, 0.4) is 0 Å². The van der Waals surface area contributed by atoms with Crippen LogP contribution in [0.4, 0.5) is 0 Å². The number of aromatic hydroxyl groups is 1. The van der Waals surface area contributed by atoms with E-state index < -0.39 is 5.60 Å². The van der Waals surface area contributed by atoms with Gasteiger partial charge in [0, 0.05) is 24.7 Å². The maximum atomic E-state index is 11.1. The fourth-order valence-electron chi connectivity index (χ4n) is 4.26. The molecule has 1 aromatic carbocycles. The average Bonchev–Trinajstić information content (AvgIpc) is 2.66. The first-order valence-electron chi connectivity index (χ1n) is 11.3. The van der Waals surface area contributed by atoms with Crippen LogP contribution in [-0.2, 0) is 4.74 Å². The number of ether oxygens (including phenoxy) is 2. The van der Waals surface area contributed by atoms with Gasteiger partial charge < -0.3 is 19.7 Å². The summed E-state index contributed by atoms with van der Waals surface area (Å²) in [5.74, 6) is 2.09. The summed E-state index contributed by atoms with van der Waals surface area (Å²) in [6.45, 7) is 18.2.